The van der Waals surface area contributed by atoms with Gasteiger partial charge in [-0.05, 0) is 18.2 Å². The van der Waals surface area contributed by atoms with Crippen molar-refractivity contribution >= 4 is 16.7 Å². The fourth-order valence-electron chi connectivity index (χ4n) is 2.47. The van der Waals surface area contributed by atoms with E-state index in [0.717, 1.165) is 5.39 Å². The third kappa shape index (κ3) is 3.20. The van der Waals surface area contributed by atoms with E-state index in [1.54, 1.807) is 24.3 Å². The minimum Gasteiger partial charge on any atom is -0.423 e. The second-order valence-corrected chi connectivity index (χ2v) is 5.38. The number of anilines is 1. The fraction of sp³-hybridized carbons (Fsp3) is 0.400. The minimum atomic E-state index is -2.06. The van der Waals surface area contributed by atoms with Crippen LogP contribution in [-0.2, 0) is 4.74 Å². The molecule has 4 N–H and O–H groups in total. The Bertz CT molecular complexity index is 750. The highest BCUT2D eigenvalue weighted by molar-refractivity contribution is 5.80. The molecule has 2 unspecified atom stereocenters. The maximum Gasteiger partial charge on any atom is 0.336 e. The predicted octanol–water partition coefficient (Wildman–Crippen LogP) is -0.0180. The molecule has 0 amide bonds. The molecule has 3 rings (SSSR count). The summed E-state index contributed by atoms with van der Waals surface area (Å²) in [6.45, 7) is 0.0184. The molecule has 2 aromatic rings. The van der Waals surface area contributed by atoms with Crippen LogP contribution in [0.25, 0.3) is 11.0 Å². The highest BCUT2D eigenvalue weighted by Crippen LogP contribution is 2.23. The summed E-state index contributed by atoms with van der Waals surface area (Å²) in [5.41, 5.74) is 0.492. The number of aliphatic hydroxyl groups excluding tert-OH is 3. The summed E-state index contributed by atoms with van der Waals surface area (Å²) in [7, 11) is 0. The van der Waals surface area contributed by atoms with E-state index in [2.05, 4.69) is 5.32 Å². The monoisotopic (exact) mass is 324 g/mol. The molecule has 0 saturated carbocycles. The number of hydrogen-bond donors (Lipinski definition) is 4. The molecule has 1 aromatic heterocycles. The topological polar surface area (TPSA) is 112 Å². The standard InChI is InChI=1S/C15H16FNO6/c16-12-14(20)13(19)10(23-15(12)21)6-17-8-3-1-7-2-4-11(18)22-9(7)5-8/h1-5,10,12-15,17,19-21H,6H2/t10?,12-,13+,14?,15+/m0/s1/i16-1. The molecule has 0 aliphatic carbocycles. The Labute approximate surface area is 129 Å². The summed E-state index contributed by atoms with van der Waals surface area (Å²) in [5, 5.41) is 32.3. The van der Waals surface area contributed by atoms with Crippen molar-refractivity contribution in [1.29, 1.82) is 0 Å². The number of ether oxygens (including phenoxy) is 1. The van der Waals surface area contributed by atoms with E-state index >= 15 is 0 Å². The Morgan fingerprint density at radius 3 is 2.65 bits per heavy atom. The number of fused-ring (bicyclic) bond motifs is 1. The summed E-state index contributed by atoms with van der Waals surface area (Å²) < 4.78 is 23.3. The lowest BCUT2D eigenvalue weighted by Crippen LogP contribution is -2.57. The van der Waals surface area contributed by atoms with Crippen LogP contribution in [0.3, 0.4) is 0 Å². The zero-order chi connectivity index (χ0) is 16.6. The molecule has 5 atom stereocenters. The second-order valence-electron chi connectivity index (χ2n) is 5.38. The predicted molar refractivity (Wildman–Crippen MR) is 78.8 cm³/mol. The van der Waals surface area contributed by atoms with E-state index in [4.69, 9.17) is 9.15 Å². The van der Waals surface area contributed by atoms with E-state index in [1.165, 1.54) is 6.07 Å². The van der Waals surface area contributed by atoms with Gasteiger partial charge in [-0.3, -0.25) is 0 Å². The van der Waals surface area contributed by atoms with Crippen molar-refractivity contribution in [2.45, 2.75) is 30.8 Å². The Balaban J connectivity index is 1.71. The van der Waals surface area contributed by atoms with Crippen LogP contribution in [0.2, 0.25) is 0 Å². The van der Waals surface area contributed by atoms with Crippen LogP contribution in [0.1, 0.15) is 0 Å². The Kier molecular flexibility index (Phi) is 4.31. The number of hydrogen-bond acceptors (Lipinski definition) is 7. The van der Waals surface area contributed by atoms with E-state index in [1.807, 2.05) is 0 Å². The van der Waals surface area contributed by atoms with Gasteiger partial charge >= 0.3 is 5.63 Å². The molecule has 1 fully saturated rings. The summed E-state index contributed by atoms with van der Waals surface area (Å²) >= 11 is 0. The highest BCUT2D eigenvalue weighted by Gasteiger charge is 2.43. The molecule has 1 aromatic carbocycles. The van der Waals surface area contributed by atoms with Crippen LogP contribution in [0, 0.1) is 0 Å². The fourth-order valence-corrected chi connectivity index (χ4v) is 2.47. The number of alkyl halides is 1. The van der Waals surface area contributed by atoms with Crippen molar-refractivity contribution in [3.05, 3.63) is 40.8 Å². The van der Waals surface area contributed by atoms with Gasteiger partial charge in [0.05, 0.1) is 0 Å². The number of nitrogens with one attached hydrogen (secondary N) is 1. The van der Waals surface area contributed by atoms with Crippen LogP contribution in [0.5, 0.6) is 0 Å². The summed E-state index contributed by atoms with van der Waals surface area (Å²) in [6.07, 6.45) is -8.05. The van der Waals surface area contributed by atoms with Gasteiger partial charge in [-0.1, -0.05) is 0 Å². The van der Waals surface area contributed by atoms with Crippen LogP contribution in [0.15, 0.2) is 39.5 Å². The molecule has 23 heavy (non-hydrogen) atoms. The van der Waals surface area contributed by atoms with Crippen LogP contribution < -0.4 is 10.9 Å². The zero-order valence-corrected chi connectivity index (χ0v) is 11.9. The number of aliphatic hydroxyl groups is 3. The molecule has 1 aliphatic heterocycles. The van der Waals surface area contributed by atoms with E-state index in [9.17, 15) is 24.5 Å². The average molecular weight is 324 g/mol. The lowest BCUT2D eigenvalue weighted by molar-refractivity contribution is -0.262. The molecule has 7 nitrogen and oxygen atoms in total. The zero-order valence-electron chi connectivity index (χ0n) is 11.9. The Morgan fingerprint density at radius 2 is 1.87 bits per heavy atom. The SMILES string of the molecule is O=c1ccc2ccc(NCC3O[C@@H](O)[C@@H]([18F])C(O)[C@@H]3O)cc2o1. The second kappa shape index (κ2) is 6.25. The molecule has 2 heterocycles. The van der Waals surface area contributed by atoms with Gasteiger partial charge in [0.25, 0.3) is 0 Å². The summed E-state index contributed by atoms with van der Waals surface area (Å²) in [5.74, 6) is 0. The van der Waals surface area contributed by atoms with Gasteiger partial charge in [-0.15, -0.1) is 0 Å². The minimum absolute atomic E-state index is 0.0184. The number of halogens is 1. The Morgan fingerprint density at radius 1 is 1.13 bits per heavy atom. The van der Waals surface area contributed by atoms with E-state index in [0.29, 0.717) is 11.3 Å². The van der Waals surface area contributed by atoms with Gasteiger partial charge < -0.3 is 29.8 Å². The molecule has 0 spiro atoms. The largest absolute Gasteiger partial charge is 0.423 e. The number of benzene rings is 1. The highest BCUT2D eigenvalue weighted by atomic mass is 18.2. The smallest absolute Gasteiger partial charge is 0.336 e. The third-order valence-corrected chi connectivity index (χ3v) is 3.77. The van der Waals surface area contributed by atoms with Crippen molar-refractivity contribution < 1.29 is 28.9 Å². The first-order chi connectivity index (χ1) is 11.0. The molecule has 124 valence electrons. The molecule has 0 bridgehead atoms. The summed E-state index contributed by atoms with van der Waals surface area (Å²) in [4.78, 5) is 11.2. The maximum absolute atomic E-state index is 13.3. The van der Waals surface area contributed by atoms with Crippen molar-refractivity contribution in [1.82, 2.24) is 0 Å². The first kappa shape index (κ1) is 15.9. The normalized spacial score (nSPS) is 31.2. The Hall–Kier alpha value is -2.00. The molecule has 1 aliphatic rings. The summed E-state index contributed by atoms with van der Waals surface area (Å²) in [6, 6.07) is 8.00. The quantitative estimate of drug-likeness (QED) is 0.587. The van der Waals surface area contributed by atoms with Gasteiger partial charge in [-0.2, -0.15) is 0 Å². The van der Waals surface area contributed by atoms with Crippen LogP contribution >= 0.6 is 0 Å². The van der Waals surface area contributed by atoms with Crippen LogP contribution in [0.4, 0.5) is 10.1 Å². The van der Waals surface area contributed by atoms with Crippen LogP contribution in [-0.4, -0.2) is 52.6 Å². The lowest BCUT2D eigenvalue weighted by Gasteiger charge is -2.37. The molecular weight excluding hydrogens is 308 g/mol. The van der Waals surface area contributed by atoms with Crippen molar-refractivity contribution in [2.75, 3.05) is 11.9 Å². The van der Waals surface area contributed by atoms with Gasteiger partial charge in [0.15, 0.2) is 12.5 Å². The average Bonchev–Trinajstić information content (AvgIpc) is 2.54. The molecule has 0 radical (unpaired) electrons. The van der Waals surface area contributed by atoms with Gasteiger partial charge in [0, 0.05) is 29.8 Å². The third-order valence-electron chi connectivity index (χ3n) is 3.77. The van der Waals surface area contributed by atoms with Gasteiger partial charge in [0.2, 0.25) is 0 Å². The van der Waals surface area contributed by atoms with Gasteiger partial charge in [0.1, 0.15) is 23.9 Å². The van der Waals surface area contributed by atoms with Crippen molar-refractivity contribution in [2.24, 2.45) is 0 Å². The van der Waals surface area contributed by atoms with Crippen molar-refractivity contribution in [3.63, 3.8) is 0 Å². The van der Waals surface area contributed by atoms with Gasteiger partial charge in [-0.25, -0.2) is 9.18 Å². The first-order valence-electron chi connectivity index (χ1n) is 7.07. The first-order valence-corrected chi connectivity index (χ1v) is 7.07. The molecule has 8 heteroatoms. The maximum atomic E-state index is 13.3. The number of rotatable bonds is 3. The molecular formula is C15H16FNO6. The van der Waals surface area contributed by atoms with E-state index < -0.39 is 36.4 Å². The van der Waals surface area contributed by atoms with Crippen molar-refractivity contribution in [3.8, 4) is 0 Å². The molecule has 1 saturated heterocycles. The lowest BCUT2D eigenvalue weighted by atomic mass is 9.99. The van der Waals surface area contributed by atoms with E-state index in [-0.39, 0.29) is 6.54 Å².